The van der Waals surface area contributed by atoms with Crippen LogP contribution < -0.4 is 5.73 Å². The predicted octanol–water partition coefficient (Wildman–Crippen LogP) is 1.85. The summed E-state index contributed by atoms with van der Waals surface area (Å²) in [5.74, 6) is 2.62. The summed E-state index contributed by atoms with van der Waals surface area (Å²) in [6, 6.07) is 8.88. The van der Waals surface area contributed by atoms with Gasteiger partial charge in [-0.05, 0) is 11.3 Å². The molecule has 0 spiro atoms. The van der Waals surface area contributed by atoms with Crippen LogP contribution in [0.4, 0.5) is 0 Å². The van der Waals surface area contributed by atoms with Crippen LogP contribution in [0.25, 0.3) is 0 Å². The maximum atomic E-state index is 11.5. The lowest BCUT2D eigenvalue weighted by Gasteiger charge is -2.24. The number of thioether (sulfide) groups is 2. The van der Waals surface area contributed by atoms with E-state index in [0.717, 1.165) is 17.3 Å². The molecule has 0 saturated carbocycles. The number of amides is 1. The van der Waals surface area contributed by atoms with Gasteiger partial charge in [0, 0.05) is 17.3 Å². The lowest BCUT2D eigenvalue weighted by Crippen LogP contribution is -2.43. The number of nitrogens with two attached hydrogens (primary N) is 1. The summed E-state index contributed by atoms with van der Waals surface area (Å²) in [6.07, 6.45) is 0. The smallest absolute Gasteiger partial charge is 0.254 e. The monoisotopic (exact) mass is 285 g/mol. The summed E-state index contributed by atoms with van der Waals surface area (Å²) < 4.78 is 0. The van der Waals surface area contributed by atoms with Crippen LogP contribution in [0.1, 0.15) is 12.5 Å². The number of hydrogen-bond acceptors (Lipinski definition) is 4. The fraction of sp³-hybridized carbons (Fsp3) is 0.462. The third-order valence-corrected chi connectivity index (χ3v) is 4.82. The molecule has 18 heavy (non-hydrogen) atoms. The van der Waals surface area contributed by atoms with E-state index in [0.29, 0.717) is 11.3 Å². The van der Waals surface area contributed by atoms with Crippen molar-refractivity contribution in [2.24, 2.45) is 5.73 Å². The van der Waals surface area contributed by atoms with Gasteiger partial charge >= 0.3 is 0 Å². The van der Waals surface area contributed by atoms with Crippen molar-refractivity contribution in [2.75, 3.05) is 23.0 Å². The molecule has 0 fully saturated rings. The van der Waals surface area contributed by atoms with Crippen molar-refractivity contribution in [3.63, 3.8) is 0 Å². The number of hydrogen-bond donors (Lipinski definition) is 2. The highest BCUT2D eigenvalue weighted by Gasteiger charge is 2.35. The number of carbonyl (C=O) groups is 1. The molecule has 0 aromatic heterocycles. The zero-order valence-corrected chi connectivity index (χ0v) is 12.1. The van der Waals surface area contributed by atoms with E-state index in [2.05, 4.69) is 6.92 Å². The van der Waals surface area contributed by atoms with Crippen molar-refractivity contribution >= 4 is 29.4 Å². The number of benzene rings is 1. The molecule has 0 bridgehead atoms. The normalized spacial score (nSPS) is 14.1. The van der Waals surface area contributed by atoms with Crippen LogP contribution in [0.5, 0.6) is 0 Å². The number of rotatable bonds is 8. The van der Waals surface area contributed by atoms with Gasteiger partial charge in [0.15, 0.2) is 5.60 Å². The van der Waals surface area contributed by atoms with E-state index in [9.17, 15) is 9.90 Å². The van der Waals surface area contributed by atoms with Crippen LogP contribution in [0.3, 0.4) is 0 Å². The third kappa shape index (κ3) is 4.23. The average molecular weight is 285 g/mol. The first-order chi connectivity index (χ1) is 8.61. The maximum Gasteiger partial charge on any atom is 0.254 e. The second-order valence-electron chi connectivity index (χ2n) is 3.84. The van der Waals surface area contributed by atoms with Crippen LogP contribution in [0, 0.1) is 0 Å². The predicted molar refractivity (Wildman–Crippen MR) is 79.9 cm³/mol. The molecule has 0 radical (unpaired) electrons. The Balaban J connectivity index is 2.62. The molecule has 0 aliphatic rings. The Morgan fingerprint density at radius 1 is 1.28 bits per heavy atom. The topological polar surface area (TPSA) is 63.3 Å². The van der Waals surface area contributed by atoms with Crippen molar-refractivity contribution in [3.05, 3.63) is 35.9 Å². The second kappa shape index (κ2) is 7.71. The van der Waals surface area contributed by atoms with Crippen molar-refractivity contribution < 1.29 is 9.90 Å². The van der Waals surface area contributed by atoms with Gasteiger partial charge in [0.05, 0.1) is 0 Å². The van der Waals surface area contributed by atoms with Gasteiger partial charge < -0.3 is 10.8 Å². The molecule has 3 nitrogen and oxygen atoms in total. The molecule has 0 aliphatic carbocycles. The van der Waals surface area contributed by atoms with E-state index >= 15 is 0 Å². The fourth-order valence-electron chi connectivity index (χ4n) is 1.49. The molecule has 100 valence electrons. The SMILES string of the molecule is CCSCCSC[C@@](O)(C(N)=O)c1ccccc1. The Labute approximate surface area is 117 Å². The van der Waals surface area contributed by atoms with Crippen molar-refractivity contribution in [2.45, 2.75) is 12.5 Å². The zero-order valence-electron chi connectivity index (χ0n) is 10.5. The van der Waals surface area contributed by atoms with Gasteiger partial charge in [0.2, 0.25) is 0 Å². The molecule has 0 heterocycles. The zero-order chi connectivity index (χ0) is 13.4. The molecule has 0 saturated heterocycles. The summed E-state index contributed by atoms with van der Waals surface area (Å²) in [4.78, 5) is 11.5. The van der Waals surface area contributed by atoms with Gasteiger partial charge in [-0.2, -0.15) is 23.5 Å². The van der Waals surface area contributed by atoms with Crippen LogP contribution >= 0.6 is 23.5 Å². The number of aliphatic hydroxyl groups is 1. The molecule has 1 aromatic rings. The van der Waals surface area contributed by atoms with Crippen LogP contribution in [-0.4, -0.2) is 34.0 Å². The quantitative estimate of drug-likeness (QED) is 0.716. The largest absolute Gasteiger partial charge is 0.375 e. The molecule has 0 aliphatic heterocycles. The minimum Gasteiger partial charge on any atom is -0.375 e. The van der Waals surface area contributed by atoms with Crippen molar-refractivity contribution in [3.8, 4) is 0 Å². The molecule has 1 atom stereocenters. The molecular weight excluding hydrogens is 266 g/mol. The highest BCUT2D eigenvalue weighted by Crippen LogP contribution is 2.25. The minimum absolute atomic E-state index is 0.302. The van der Waals surface area contributed by atoms with Gasteiger partial charge in [-0.3, -0.25) is 4.79 Å². The van der Waals surface area contributed by atoms with Gasteiger partial charge in [0.25, 0.3) is 5.91 Å². The number of primary amides is 1. The van der Waals surface area contributed by atoms with Gasteiger partial charge in [-0.1, -0.05) is 37.3 Å². The maximum absolute atomic E-state index is 11.5. The first kappa shape index (κ1) is 15.4. The molecular formula is C13H19NO2S2. The van der Waals surface area contributed by atoms with E-state index in [-0.39, 0.29) is 0 Å². The minimum atomic E-state index is -1.57. The first-order valence-electron chi connectivity index (χ1n) is 5.84. The van der Waals surface area contributed by atoms with E-state index < -0.39 is 11.5 Å². The number of carbonyl (C=O) groups excluding carboxylic acids is 1. The Morgan fingerprint density at radius 2 is 1.89 bits per heavy atom. The fourth-order valence-corrected chi connectivity index (χ4v) is 3.47. The molecule has 3 N–H and O–H groups in total. The third-order valence-electron chi connectivity index (χ3n) is 2.55. The molecule has 0 unspecified atom stereocenters. The van der Waals surface area contributed by atoms with Gasteiger partial charge in [0.1, 0.15) is 0 Å². The molecule has 5 heteroatoms. The average Bonchev–Trinajstić information content (AvgIpc) is 2.39. The van der Waals surface area contributed by atoms with Crippen LogP contribution in [0.15, 0.2) is 30.3 Å². The Hall–Kier alpha value is -0.650. The van der Waals surface area contributed by atoms with E-state index in [1.165, 1.54) is 0 Å². The summed E-state index contributed by atoms with van der Waals surface area (Å²) in [5.41, 5.74) is 4.33. The summed E-state index contributed by atoms with van der Waals surface area (Å²) in [6.45, 7) is 2.11. The highest BCUT2D eigenvalue weighted by atomic mass is 32.2. The summed E-state index contributed by atoms with van der Waals surface area (Å²) >= 11 is 3.40. The van der Waals surface area contributed by atoms with Crippen LogP contribution in [0.2, 0.25) is 0 Å². The van der Waals surface area contributed by atoms with E-state index in [4.69, 9.17) is 5.73 Å². The summed E-state index contributed by atoms with van der Waals surface area (Å²) in [5, 5.41) is 10.4. The highest BCUT2D eigenvalue weighted by molar-refractivity contribution is 8.02. The second-order valence-corrected chi connectivity index (χ2v) is 6.34. The van der Waals surface area contributed by atoms with Crippen molar-refractivity contribution in [1.82, 2.24) is 0 Å². The molecule has 1 rings (SSSR count). The van der Waals surface area contributed by atoms with E-state index in [1.54, 1.807) is 36.0 Å². The lowest BCUT2D eigenvalue weighted by molar-refractivity contribution is -0.134. The standard InChI is InChI=1S/C13H19NO2S2/c1-2-17-8-9-18-10-13(16,12(14)15)11-6-4-3-5-7-11/h3-7,16H,2,8-10H2,1H3,(H2,14,15)/t13-/m0/s1. The summed E-state index contributed by atoms with van der Waals surface area (Å²) in [7, 11) is 0. The Kier molecular flexibility index (Phi) is 6.60. The molecule has 1 amide bonds. The van der Waals surface area contributed by atoms with Crippen molar-refractivity contribution in [1.29, 1.82) is 0 Å². The Morgan fingerprint density at radius 3 is 2.44 bits per heavy atom. The van der Waals surface area contributed by atoms with Gasteiger partial charge in [-0.25, -0.2) is 0 Å². The molecule has 1 aromatic carbocycles. The van der Waals surface area contributed by atoms with Crippen LogP contribution in [-0.2, 0) is 10.4 Å². The van der Waals surface area contributed by atoms with Gasteiger partial charge in [-0.15, -0.1) is 0 Å². The van der Waals surface area contributed by atoms with E-state index in [1.807, 2.05) is 17.8 Å². The Bertz CT molecular complexity index is 373. The first-order valence-corrected chi connectivity index (χ1v) is 8.15. The lowest BCUT2D eigenvalue weighted by atomic mass is 9.95.